The van der Waals surface area contributed by atoms with Crippen LogP contribution in [0.3, 0.4) is 0 Å². The third kappa shape index (κ3) is 1.78. The van der Waals surface area contributed by atoms with Crippen LogP contribution in [0.1, 0.15) is 5.56 Å². The average molecular weight is 282 g/mol. The molecule has 0 unspecified atom stereocenters. The van der Waals surface area contributed by atoms with Gasteiger partial charge in [0.15, 0.2) is 0 Å². The second-order valence-corrected chi connectivity index (χ2v) is 4.90. The molecule has 0 saturated heterocycles. The van der Waals surface area contributed by atoms with Crippen LogP contribution in [0.15, 0.2) is 28.4 Å². The van der Waals surface area contributed by atoms with Gasteiger partial charge in [0.1, 0.15) is 10.4 Å². The summed E-state index contributed by atoms with van der Waals surface area (Å²) >= 11 is 1.46. The van der Waals surface area contributed by atoms with Crippen LogP contribution in [0.5, 0.6) is 5.75 Å². The fourth-order valence-corrected chi connectivity index (χ4v) is 2.92. The van der Waals surface area contributed by atoms with E-state index in [4.69, 9.17) is 4.74 Å². The third-order valence-electron chi connectivity index (χ3n) is 2.94. The first-order valence-electron chi connectivity index (χ1n) is 5.28. The highest BCUT2D eigenvalue weighted by Crippen LogP contribution is 2.30. The first-order valence-corrected chi connectivity index (χ1v) is 6.16. The Morgan fingerprint density at radius 3 is 2.78 bits per heavy atom. The number of halogens is 1. The van der Waals surface area contributed by atoms with Crippen molar-refractivity contribution in [3.63, 3.8) is 0 Å². The van der Waals surface area contributed by atoms with Crippen LogP contribution in [0, 0.1) is 6.92 Å². The summed E-state index contributed by atoms with van der Waals surface area (Å²) < 4.78 is 6.04. The smallest absolute Gasteiger partial charge is 0.266 e. The van der Waals surface area contributed by atoms with E-state index in [9.17, 15) is 4.79 Å². The first-order chi connectivity index (χ1) is 8.20. The normalized spacial score (nSPS) is 10.6. The van der Waals surface area contributed by atoms with Crippen molar-refractivity contribution >= 4 is 44.7 Å². The molecular weight excluding hydrogens is 270 g/mol. The zero-order valence-electron chi connectivity index (χ0n) is 9.94. The number of pyridine rings is 1. The van der Waals surface area contributed by atoms with Gasteiger partial charge >= 0.3 is 0 Å². The van der Waals surface area contributed by atoms with Gasteiger partial charge in [-0.3, -0.25) is 4.79 Å². The van der Waals surface area contributed by atoms with Crippen LogP contribution < -0.4 is 10.3 Å². The number of hydrogen-bond donors (Lipinski definition) is 1. The van der Waals surface area contributed by atoms with Gasteiger partial charge in [0.2, 0.25) is 0 Å². The number of aryl methyl sites for hydroxylation is 1. The zero-order valence-corrected chi connectivity index (χ0v) is 11.6. The van der Waals surface area contributed by atoms with E-state index >= 15 is 0 Å². The molecule has 0 aliphatic rings. The van der Waals surface area contributed by atoms with Gasteiger partial charge < -0.3 is 9.72 Å². The standard InChI is InChI=1S/C13H11NO2S.ClH/c1-7-5-8(16-2)6-10-9-3-4-17-12(9)13(15)14-11(7)10;/h3-6H,1-2H3,(H,14,15);1H. The minimum absolute atomic E-state index is 0. The van der Waals surface area contributed by atoms with Gasteiger partial charge in [-0.05, 0) is 36.1 Å². The molecule has 0 spiro atoms. The molecule has 0 fully saturated rings. The second-order valence-electron chi connectivity index (χ2n) is 3.98. The Balaban J connectivity index is 0.00000120. The number of methoxy groups -OCH3 is 1. The number of ether oxygens (including phenoxy) is 1. The van der Waals surface area contributed by atoms with Crippen molar-refractivity contribution in [1.82, 2.24) is 4.98 Å². The van der Waals surface area contributed by atoms with Crippen molar-refractivity contribution < 1.29 is 4.74 Å². The van der Waals surface area contributed by atoms with Gasteiger partial charge in [-0.2, -0.15) is 0 Å². The van der Waals surface area contributed by atoms with Crippen LogP contribution >= 0.6 is 23.7 Å². The maximum Gasteiger partial charge on any atom is 0.266 e. The number of aromatic nitrogens is 1. The molecule has 18 heavy (non-hydrogen) atoms. The lowest BCUT2D eigenvalue weighted by atomic mass is 10.1. The van der Waals surface area contributed by atoms with E-state index in [0.717, 1.165) is 32.3 Å². The van der Waals surface area contributed by atoms with Crippen molar-refractivity contribution in [2.24, 2.45) is 0 Å². The summed E-state index contributed by atoms with van der Waals surface area (Å²) in [5, 5.41) is 3.97. The van der Waals surface area contributed by atoms with Crippen molar-refractivity contribution in [3.05, 3.63) is 39.5 Å². The van der Waals surface area contributed by atoms with E-state index in [2.05, 4.69) is 4.98 Å². The summed E-state index contributed by atoms with van der Waals surface area (Å²) in [6.07, 6.45) is 0. The third-order valence-corrected chi connectivity index (χ3v) is 3.86. The molecule has 1 aromatic carbocycles. The molecule has 0 bridgehead atoms. The van der Waals surface area contributed by atoms with Crippen molar-refractivity contribution in [2.45, 2.75) is 6.92 Å². The molecule has 0 atom stereocenters. The molecule has 5 heteroatoms. The summed E-state index contributed by atoms with van der Waals surface area (Å²) in [5.41, 5.74) is 1.89. The fourth-order valence-electron chi connectivity index (χ4n) is 2.12. The van der Waals surface area contributed by atoms with Gasteiger partial charge in [-0.1, -0.05) is 0 Å². The fraction of sp³-hybridized carbons (Fsp3) is 0.154. The van der Waals surface area contributed by atoms with Crippen LogP contribution in [0.4, 0.5) is 0 Å². The monoisotopic (exact) mass is 281 g/mol. The highest BCUT2D eigenvalue weighted by molar-refractivity contribution is 7.17. The summed E-state index contributed by atoms with van der Waals surface area (Å²) in [6, 6.07) is 5.88. The topological polar surface area (TPSA) is 42.1 Å². The van der Waals surface area contributed by atoms with Crippen molar-refractivity contribution in [1.29, 1.82) is 0 Å². The van der Waals surface area contributed by atoms with Gasteiger partial charge in [-0.15, -0.1) is 23.7 Å². The minimum atomic E-state index is -0.0178. The number of rotatable bonds is 1. The molecule has 2 heterocycles. The Morgan fingerprint density at radius 1 is 1.28 bits per heavy atom. The lowest BCUT2D eigenvalue weighted by Crippen LogP contribution is -2.05. The van der Waals surface area contributed by atoms with Gasteiger partial charge in [0.25, 0.3) is 5.56 Å². The Kier molecular flexibility index (Phi) is 3.32. The highest BCUT2D eigenvalue weighted by atomic mass is 35.5. The van der Waals surface area contributed by atoms with Gasteiger partial charge in [0, 0.05) is 10.8 Å². The maximum atomic E-state index is 11.9. The molecule has 0 aliphatic carbocycles. The quantitative estimate of drug-likeness (QED) is 0.742. The molecule has 0 aliphatic heterocycles. The summed E-state index contributed by atoms with van der Waals surface area (Å²) in [4.78, 5) is 14.8. The second kappa shape index (κ2) is 4.63. The number of thiophene rings is 1. The molecule has 2 aromatic heterocycles. The molecule has 1 N–H and O–H groups in total. The highest BCUT2D eigenvalue weighted by Gasteiger charge is 2.09. The molecule has 3 rings (SSSR count). The van der Waals surface area contributed by atoms with E-state index in [-0.39, 0.29) is 18.0 Å². The average Bonchev–Trinajstić information content (AvgIpc) is 2.80. The summed E-state index contributed by atoms with van der Waals surface area (Å²) in [6.45, 7) is 1.97. The number of benzene rings is 1. The summed E-state index contributed by atoms with van der Waals surface area (Å²) in [5.74, 6) is 0.814. The van der Waals surface area contributed by atoms with E-state index in [1.165, 1.54) is 11.3 Å². The Morgan fingerprint density at radius 2 is 2.06 bits per heavy atom. The largest absolute Gasteiger partial charge is 0.497 e. The number of fused-ring (bicyclic) bond motifs is 3. The van der Waals surface area contributed by atoms with Crippen LogP contribution in [0.25, 0.3) is 21.0 Å². The Bertz CT molecular complexity index is 776. The van der Waals surface area contributed by atoms with E-state index in [1.54, 1.807) is 7.11 Å². The summed E-state index contributed by atoms with van der Waals surface area (Å²) in [7, 11) is 1.65. The van der Waals surface area contributed by atoms with Gasteiger partial charge in [0.05, 0.1) is 12.6 Å². The molecule has 0 amide bonds. The van der Waals surface area contributed by atoms with Crippen molar-refractivity contribution in [2.75, 3.05) is 7.11 Å². The predicted molar refractivity (Wildman–Crippen MR) is 78.5 cm³/mol. The van der Waals surface area contributed by atoms with E-state index < -0.39 is 0 Å². The van der Waals surface area contributed by atoms with Crippen LogP contribution in [0.2, 0.25) is 0 Å². The minimum Gasteiger partial charge on any atom is -0.497 e. The zero-order chi connectivity index (χ0) is 12.0. The van der Waals surface area contributed by atoms with Crippen LogP contribution in [-0.4, -0.2) is 12.1 Å². The first kappa shape index (κ1) is 12.9. The lowest BCUT2D eigenvalue weighted by molar-refractivity contribution is 0.415. The Hall–Kier alpha value is -1.52. The van der Waals surface area contributed by atoms with E-state index in [0.29, 0.717) is 0 Å². The van der Waals surface area contributed by atoms with Gasteiger partial charge in [-0.25, -0.2) is 0 Å². The van der Waals surface area contributed by atoms with Crippen molar-refractivity contribution in [3.8, 4) is 5.75 Å². The Labute approximate surface area is 114 Å². The number of H-pyrrole nitrogens is 1. The molecule has 3 aromatic rings. The number of nitrogens with one attached hydrogen (secondary N) is 1. The SMILES string of the molecule is COc1cc(C)c2[nH]c(=O)c3sccc3c2c1.Cl. The lowest BCUT2D eigenvalue weighted by Gasteiger charge is -2.07. The molecule has 3 nitrogen and oxygen atoms in total. The predicted octanol–water partition coefficient (Wildman–Crippen LogP) is 3.48. The van der Waals surface area contributed by atoms with E-state index in [1.807, 2.05) is 30.5 Å². The molecule has 0 radical (unpaired) electrons. The van der Waals surface area contributed by atoms with Crippen LogP contribution in [-0.2, 0) is 0 Å². The molecule has 0 saturated carbocycles. The molecule has 94 valence electrons. The maximum absolute atomic E-state index is 11.9. The number of hydrogen-bond acceptors (Lipinski definition) is 3. The molecular formula is C13H12ClNO2S. The number of aromatic amines is 1.